The summed E-state index contributed by atoms with van der Waals surface area (Å²) in [6.45, 7) is 7.20. The van der Waals surface area contributed by atoms with Crippen molar-refractivity contribution in [3.8, 4) is 5.75 Å². The number of hydrogen-bond acceptors (Lipinski definition) is 7. The fraction of sp³-hybridized carbons (Fsp3) is 0.522. The molecule has 4 rings (SSSR count). The quantitative estimate of drug-likeness (QED) is 0.690. The first-order chi connectivity index (χ1) is 15.3. The Morgan fingerprint density at radius 2 is 1.87 bits per heavy atom. The Morgan fingerprint density at radius 3 is 2.65 bits per heavy atom. The normalized spacial score (nSPS) is 18.0. The Balaban J connectivity index is 1.18. The van der Waals surface area contributed by atoms with Crippen LogP contribution in [0.15, 0.2) is 42.7 Å². The van der Waals surface area contributed by atoms with Gasteiger partial charge in [0.05, 0.1) is 13.2 Å². The third-order valence-corrected chi connectivity index (χ3v) is 5.85. The van der Waals surface area contributed by atoms with Crippen molar-refractivity contribution in [3.63, 3.8) is 0 Å². The molecule has 0 atom stereocenters. The van der Waals surface area contributed by atoms with Crippen LogP contribution in [-0.2, 0) is 16.1 Å². The van der Waals surface area contributed by atoms with Gasteiger partial charge in [0.1, 0.15) is 12.4 Å². The van der Waals surface area contributed by atoms with Gasteiger partial charge >= 0.3 is 0 Å². The van der Waals surface area contributed by atoms with E-state index >= 15 is 0 Å². The van der Waals surface area contributed by atoms with Crippen molar-refractivity contribution in [1.82, 2.24) is 20.2 Å². The van der Waals surface area contributed by atoms with Gasteiger partial charge in [0.15, 0.2) is 0 Å². The molecule has 0 bridgehead atoms. The molecule has 1 N–H and O–H groups in total. The van der Waals surface area contributed by atoms with Crippen LogP contribution in [0.3, 0.4) is 0 Å². The number of aromatic nitrogens is 2. The van der Waals surface area contributed by atoms with Crippen molar-refractivity contribution in [2.75, 3.05) is 57.4 Å². The maximum Gasteiger partial charge on any atom is 0.225 e. The van der Waals surface area contributed by atoms with E-state index in [1.54, 1.807) is 12.4 Å². The van der Waals surface area contributed by atoms with Crippen molar-refractivity contribution in [3.05, 3.63) is 48.3 Å². The summed E-state index contributed by atoms with van der Waals surface area (Å²) >= 11 is 0. The van der Waals surface area contributed by atoms with Crippen LogP contribution < -0.4 is 15.0 Å². The first-order valence-electron chi connectivity index (χ1n) is 11.1. The van der Waals surface area contributed by atoms with E-state index in [4.69, 9.17) is 9.47 Å². The second-order valence-electron chi connectivity index (χ2n) is 7.98. The molecule has 2 aliphatic rings. The van der Waals surface area contributed by atoms with Crippen LogP contribution in [0.4, 0.5) is 5.95 Å². The number of ether oxygens (including phenoxy) is 2. The Morgan fingerprint density at radius 1 is 1.10 bits per heavy atom. The smallest absolute Gasteiger partial charge is 0.225 e. The molecule has 166 valence electrons. The lowest BCUT2D eigenvalue weighted by molar-refractivity contribution is -0.125. The lowest BCUT2D eigenvalue weighted by Crippen LogP contribution is -2.41. The van der Waals surface area contributed by atoms with Gasteiger partial charge in [0.25, 0.3) is 0 Å². The van der Waals surface area contributed by atoms with Crippen LogP contribution in [0.2, 0.25) is 0 Å². The number of nitrogens with one attached hydrogen (secondary N) is 1. The SMILES string of the molecule is O=C(NCc1cccc(OCCN2CCOCC2)c1)C1CCN(c2ncccn2)CC1. The van der Waals surface area contributed by atoms with Gasteiger partial charge in [-0.1, -0.05) is 12.1 Å². The number of morpholine rings is 1. The topological polar surface area (TPSA) is 79.8 Å². The predicted molar refractivity (Wildman–Crippen MR) is 118 cm³/mol. The van der Waals surface area contributed by atoms with Crippen molar-refractivity contribution in [1.29, 1.82) is 0 Å². The minimum absolute atomic E-state index is 0.0351. The lowest BCUT2D eigenvalue weighted by atomic mass is 9.96. The number of benzene rings is 1. The highest BCUT2D eigenvalue weighted by atomic mass is 16.5. The number of amides is 1. The largest absolute Gasteiger partial charge is 0.492 e. The molecule has 2 aliphatic heterocycles. The average Bonchev–Trinajstić information content (AvgIpc) is 2.84. The number of rotatable bonds is 8. The summed E-state index contributed by atoms with van der Waals surface area (Å²) in [7, 11) is 0. The van der Waals surface area contributed by atoms with E-state index < -0.39 is 0 Å². The van der Waals surface area contributed by atoms with Crippen LogP contribution in [-0.4, -0.2) is 73.3 Å². The minimum Gasteiger partial charge on any atom is -0.492 e. The van der Waals surface area contributed by atoms with E-state index in [-0.39, 0.29) is 11.8 Å². The summed E-state index contributed by atoms with van der Waals surface area (Å²) < 4.78 is 11.3. The molecular formula is C23H31N5O3. The first kappa shape index (κ1) is 21.5. The summed E-state index contributed by atoms with van der Waals surface area (Å²) in [4.78, 5) is 25.7. The fourth-order valence-electron chi connectivity index (χ4n) is 3.99. The van der Waals surface area contributed by atoms with Crippen LogP contribution in [0.1, 0.15) is 18.4 Å². The number of nitrogens with zero attached hydrogens (tertiary/aromatic N) is 4. The molecule has 31 heavy (non-hydrogen) atoms. The maximum atomic E-state index is 12.6. The molecule has 3 heterocycles. The van der Waals surface area contributed by atoms with Crippen LogP contribution in [0.5, 0.6) is 5.75 Å². The highest BCUT2D eigenvalue weighted by molar-refractivity contribution is 5.78. The molecule has 0 unspecified atom stereocenters. The molecule has 0 spiro atoms. The Labute approximate surface area is 183 Å². The van der Waals surface area contributed by atoms with Crippen molar-refractivity contribution in [2.24, 2.45) is 5.92 Å². The van der Waals surface area contributed by atoms with Crippen LogP contribution in [0.25, 0.3) is 0 Å². The van der Waals surface area contributed by atoms with E-state index in [1.807, 2.05) is 30.3 Å². The number of piperidine rings is 1. The summed E-state index contributed by atoms with van der Waals surface area (Å²) in [5, 5.41) is 3.09. The van der Waals surface area contributed by atoms with Crippen LogP contribution in [0, 0.1) is 5.92 Å². The molecule has 0 saturated carbocycles. The summed E-state index contributed by atoms with van der Waals surface area (Å²) in [5.74, 6) is 1.74. The highest BCUT2D eigenvalue weighted by Crippen LogP contribution is 2.21. The third kappa shape index (κ3) is 6.38. The molecule has 2 aromatic rings. The van der Waals surface area contributed by atoms with Gasteiger partial charge in [0.2, 0.25) is 11.9 Å². The first-order valence-corrected chi connectivity index (χ1v) is 11.1. The summed E-state index contributed by atoms with van der Waals surface area (Å²) in [6, 6.07) is 9.78. The number of carbonyl (C=O) groups excluding carboxylic acids is 1. The molecule has 0 aliphatic carbocycles. The van der Waals surface area contributed by atoms with E-state index in [1.165, 1.54) is 0 Å². The van der Waals surface area contributed by atoms with Gasteiger partial charge in [-0.25, -0.2) is 9.97 Å². The standard InChI is InChI=1S/C23H31N5O3/c29-22(20-5-9-28(10-6-20)23-24-7-2-8-25-23)26-18-19-3-1-4-21(17-19)31-16-13-27-11-14-30-15-12-27/h1-4,7-8,17,20H,5-6,9-16,18H2,(H,26,29). The molecule has 1 aromatic carbocycles. The van der Waals surface area contributed by atoms with E-state index in [0.29, 0.717) is 13.2 Å². The summed E-state index contributed by atoms with van der Waals surface area (Å²) in [5.41, 5.74) is 1.05. The van der Waals surface area contributed by atoms with Gasteiger partial charge in [-0.15, -0.1) is 0 Å². The highest BCUT2D eigenvalue weighted by Gasteiger charge is 2.25. The Bertz CT molecular complexity index is 821. The average molecular weight is 426 g/mol. The number of carbonyl (C=O) groups is 1. The summed E-state index contributed by atoms with van der Waals surface area (Å²) in [6.07, 6.45) is 5.13. The van der Waals surface area contributed by atoms with Crippen molar-refractivity contribution in [2.45, 2.75) is 19.4 Å². The third-order valence-electron chi connectivity index (χ3n) is 5.85. The second-order valence-corrected chi connectivity index (χ2v) is 7.98. The maximum absolute atomic E-state index is 12.6. The molecule has 1 aromatic heterocycles. The molecule has 0 radical (unpaired) electrons. The molecule has 2 fully saturated rings. The minimum atomic E-state index is 0.0351. The van der Waals surface area contributed by atoms with Crippen molar-refractivity contribution >= 4 is 11.9 Å². The number of hydrogen-bond donors (Lipinski definition) is 1. The zero-order chi connectivity index (χ0) is 21.3. The zero-order valence-electron chi connectivity index (χ0n) is 17.9. The molecule has 8 nitrogen and oxygen atoms in total. The van der Waals surface area contributed by atoms with Gasteiger partial charge < -0.3 is 19.7 Å². The van der Waals surface area contributed by atoms with Crippen molar-refractivity contribution < 1.29 is 14.3 Å². The van der Waals surface area contributed by atoms with Gasteiger partial charge in [-0.3, -0.25) is 9.69 Å². The molecule has 8 heteroatoms. The molecule has 1 amide bonds. The monoisotopic (exact) mass is 425 g/mol. The fourth-order valence-corrected chi connectivity index (χ4v) is 3.99. The van der Waals surface area contributed by atoms with Gasteiger partial charge in [-0.05, 0) is 36.6 Å². The molecular weight excluding hydrogens is 394 g/mol. The Kier molecular flexibility index (Phi) is 7.68. The van der Waals surface area contributed by atoms with E-state index in [2.05, 4.69) is 25.1 Å². The van der Waals surface area contributed by atoms with E-state index in [9.17, 15) is 4.79 Å². The Hall–Kier alpha value is -2.71. The van der Waals surface area contributed by atoms with Gasteiger partial charge in [0, 0.05) is 57.6 Å². The van der Waals surface area contributed by atoms with Crippen LogP contribution >= 0.6 is 0 Å². The van der Waals surface area contributed by atoms with E-state index in [0.717, 1.165) is 76.0 Å². The second kappa shape index (κ2) is 11.1. The molecule has 2 saturated heterocycles. The lowest BCUT2D eigenvalue weighted by Gasteiger charge is -2.31. The zero-order valence-corrected chi connectivity index (χ0v) is 17.9. The predicted octanol–water partition coefficient (Wildman–Crippen LogP) is 1.72. The van der Waals surface area contributed by atoms with Gasteiger partial charge in [-0.2, -0.15) is 0 Å². The number of anilines is 1.